The smallest absolute Gasteiger partial charge is 0.303 e. The van der Waals surface area contributed by atoms with E-state index in [-0.39, 0.29) is 29.9 Å². The second-order valence-electron chi connectivity index (χ2n) is 5.87. The van der Waals surface area contributed by atoms with Crippen LogP contribution in [0.25, 0.3) is 0 Å². The predicted octanol–water partition coefficient (Wildman–Crippen LogP) is -0.0557. The Kier molecular flexibility index (Phi) is 5.94. The van der Waals surface area contributed by atoms with Crippen LogP contribution in [-0.2, 0) is 26.7 Å². The molecule has 0 radical (unpaired) electrons. The molecule has 134 valence electrons. The van der Waals surface area contributed by atoms with Crippen LogP contribution in [0.4, 0.5) is 0 Å². The van der Waals surface area contributed by atoms with E-state index in [0.29, 0.717) is 13.0 Å². The number of rotatable bonds is 7. The number of carboxylic acid groups (broad SMARTS) is 1. The molecule has 0 saturated carbocycles. The summed E-state index contributed by atoms with van der Waals surface area (Å²) in [7, 11) is -2.19. The Hall–Kier alpha value is -1.94. The summed E-state index contributed by atoms with van der Waals surface area (Å²) in [6, 6.07) is -0.151. The molecule has 2 rings (SSSR count). The van der Waals surface area contributed by atoms with Gasteiger partial charge in [0, 0.05) is 32.3 Å². The van der Waals surface area contributed by atoms with Crippen molar-refractivity contribution in [2.24, 2.45) is 7.05 Å². The highest BCUT2D eigenvalue weighted by Gasteiger charge is 2.28. The number of amides is 1. The molecular formula is C14H22N4O5S. The van der Waals surface area contributed by atoms with Crippen LogP contribution in [-0.4, -0.2) is 59.0 Å². The maximum Gasteiger partial charge on any atom is 0.303 e. The topological polar surface area (TPSA) is 122 Å². The molecule has 1 saturated heterocycles. The lowest BCUT2D eigenvalue weighted by Crippen LogP contribution is -2.48. The van der Waals surface area contributed by atoms with Crippen molar-refractivity contribution in [3.05, 3.63) is 12.5 Å². The highest BCUT2D eigenvalue weighted by molar-refractivity contribution is 7.89. The predicted molar refractivity (Wildman–Crippen MR) is 84.6 cm³/mol. The van der Waals surface area contributed by atoms with Crippen LogP contribution in [0.5, 0.6) is 0 Å². The standard InChI is InChI=1S/C14H22N4O5S/c1-17-9-12(15-10-17)24(22,23)16-8-13(19)18-7-3-2-4-11(18)5-6-14(20)21/h9-11,16H,2-8H2,1H3,(H,20,21). The van der Waals surface area contributed by atoms with E-state index in [1.807, 2.05) is 0 Å². The van der Waals surface area contributed by atoms with E-state index in [1.54, 1.807) is 11.9 Å². The quantitative estimate of drug-likeness (QED) is 0.704. The first-order valence-corrected chi connectivity index (χ1v) is 9.27. The number of hydrogen-bond donors (Lipinski definition) is 2. The Morgan fingerprint density at radius 3 is 2.79 bits per heavy atom. The zero-order valence-corrected chi connectivity index (χ0v) is 14.3. The van der Waals surface area contributed by atoms with Gasteiger partial charge < -0.3 is 14.6 Å². The van der Waals surface area contributed by atoms with Crippen molar-refractivity contribution in [1.29, 1.82) is 0 Å². The molecule has 1 amide bonds. The number of hydrogen-bond acceptors (Lipinski definition) is 5. The molecule has 10 heteroatoms. The number of sulfonamides is 1. The first-order chi connectivity index (χ1) is 11.3. The van der Waals surface area contributed by atoms with Crippen LogP contribution >= 0.6 is 0 Å². The molecular weight excluding hydrogens is 336 g/mol. The molecule has 0 bridgehead atoms. The number of carboxylic acids is 1. The van der Waals surface area contributed by atoms with Gasteiger partial charge in [0.1, 0.15) is 0 Å². The van der Waals surface area contributed by atoms with Gasteiger partial charge in [0.25, 0.3) is 10.0 Å². The number of carbonyl (C=O) groups is 2. The van der Waals surface area contributed by atoms with Gasteiger partial charge in [0.05, 0.1) is 12.9 Å². The second kappa shape index (κ2) is 7.75. The molecule has 2 heterocycles. The van der Waals surface area contributed by atoms with Gasteiger partial charge in [-0.1, -0.05) is 0 Å². The summed E-state index contributed by atoms with van der Waals surface area (Å²) in [5.74, 6) is -1.24. The Morgan fingerprint density at radius 1 is 1.42 bits per heavy atom. The number of nitrogens with zero attached hydrogens (tertiary/aromatic N) is 3. The van der Waals surface area contributed by atoms with E-state index in [2.05, 4.69) is 9.71 Å². The van der Waals surface area contributed by atoms with Crippen molar-refractivity contribution in [3.8, 4) is 0 Å². The number of imidazole rings is 1. The Balaban J connectivity index is 1.95. The minimum absolute atomic E-state index is 0.00584. The molecule has 1 unspecified atom stereocenters. The molecule has 0 aliphatic carbocycles. The Labute approximate surface area is 140 Å². The lowest BCUT2D eigenvalue weighted by molar-refractivity contribution is -0.139. The molecule has 24 heavy (non-hydrogen) atoms. The first-order valence-electron chi connectivity index (χ1n) is 7.78. The fourth-order valence-electron chi connectivity index (χ4n) is 2.78. The summed E-state index contributed by atoms with van der Waals surface area (Å²) in [5, 5.41) is 8.66. The van der Waals surface area contributed by atoms with Gasteiger partial charge in [0.2, 0.25) is 5.91 Å². The number of aromatic nitrogens is 2. The lowest BCUT2D eigenvalue weighted by atomic mass is 9.98. The summed E-state index contributed by atoms with van der Waals surface area (Å²) < 4.78 is 28.0. The molecule has 1 aromatic rings. The van der Waals surface area contributed by atoms with Gasteiger partial charge in [-0.3, -0.25) is 9.59 Å². The Bertz CT molecular complexity index is 700. The van der Waals surface area contributed by atoms with E-state index >= 15 is 0 Å². The maximum absolute atomic E-state index is 12.4. The van der Waals surface area contributed by atoms with Crippen LogP contribution in [0.2, 0.25) is 0 Å². The monoisotopic (exact) mass is 358 g/mol. The SMILES string of the molecule is Cn1cnc(S(=O)(=O)NCC(=O)N2CCCCC2CCC(=O)O)c1. The van der Waals surface area contributed by atoms with Crippen LogP contribution in [0.15, 0.2) is 17.6 Å². The van der Waals surface area contributed by atoms with E-state index in [4.69, 9.17) is 5.11 Å². The number of carbonyl (C=O) groups excluding carboxylic acids is 1. The minimum Gasteiger partial charge on any atom is -0.481 e. The summed E-state index contributed by atoms with van der Waals surface area (Å²) in [6.07, 6.45) is 5.61. The number of likely N-dealkylation sites (tertiary alicyclic amines) is 1. The number of aliphatic carboxylic acids is 1. The number of piperidine rings is 1. The summed E-state index contributed by atoms with van der Waals surface area (Å²) >= 11 is 0. The molecule has 0 aromatic carbocycles. The normalized spacial score (nSPS) is 18.5. The Morgan fingerprint density at radius 2 is 2.17 bits per heavy atom. The summed E-state index contributed by atoms with van der Waals surface area (Å²) in [4.78, 5) is 28.4. The third-order valence-electron chi connectivity index (χ3n) is 4.01. The van der Waals surface area contributed by atoms with Gasteiger partial charge in [0.15, 0.2) is 5.03 Å². The van der Waals surface area contributed by atoms with Crippen LogP contribution < -0.4 is 4.72 Å². The molecule has 1 aliphatic heterocycles. The van der Waals surface area contributed by atoms with Crippen molar-refractivity contribution >= 4 is 21.9 Å². The lowest BCUT2D eigenvalue weighted by Gasteiger charge is -2.35. The first kappa shape index (κ1) is 18.4. The van der Waals surface area contributed by atoms with Crippen molar-refractivity contribution in [1.82, 2.24) is 19.2 Å². The average Bonchev–Trinajstić information content (AvgIpc) is 2.98. The molecule has 1 aliphatic rings. The fraction of sp³-hybridized carbons (Fsp3) is 0.643. The van der Waals surface area contributed by atoms with Crippen LogP contribution in [0.3, 0.4) is 0 Å². The highest BCUT2D eigenvalue weighted by atomic mass is 32.2. The van der Waals surface area contributed by atoms with Crippen molar-refractivity contribution in [3.63, 3.8) is 0 Å². The largest absolute Gasteiger partial charge is 0.481 e. The number of nitrogens with one attached hydrogen (secondary N) is 1. The van der Waals surface area contributed by atoms with E-state index in [1.165, 1.54) is 17.1 Å². The van der Waals surface area contributed by atoms with Gasteiger partial charge in [-0.25, -0.2) is 18.1 Å². The number of aryl methyl sites for hydroxylation is 1. The van der Waals surface area contributed by atoms with E-state index in [9.17, 15) is 18.0 Å². The zero-order chi connectivity index (χ0) is 17.7. The molecule has 1 aromatic heterocycles. The van der Waals surface area contributed by atoms with Gasteiger partial charge in [-0.05, 0) is 25.7 Å². The fourth-order valence-corrected chi connectivity index (χ4v) is 3.73. The molecule has 1 fully saturated rings. The van der Waals surface area contributed by atoms with Crippen molar-refractivity contribution in [2.45, 2.75) is 43.2 Å². The molecule has 1 atom stereocenters. The zero-order valence-electron chi connectivity index (χ0n) is 13.5. The average molecular weight is 358 g/mol. The summed E-state index contributed by atoms with van der Waals surface area (Å²) in [6.45, 7) is 0.164. The second-order valence-corrected chi connectivity index (χ2v) is 7.58. The van der Waals surface area contributed by atoms with Gasteiger partial charge in [-0.2, -0.15) is 0 Å². The van der Waals surface area contributed by atoms with Crippen LogP contribution in [0, 0.1) is 0 Å². The van der Waals surface area contributed by atoms with Gasteiger partial charge >= 0.3 is 5.97 Å². The summed E-state index contributed by atoms with van der Waals surface area (Å²) in [5.41, 5.74) is 0. The van der Waals surface area contributed by atoms with Gasteiger partial charge in [-0.15, -0.1) is 0 Å². The highest BCUT2D eigenvalue weighted by Crippen LogP contribution is 2.21. The third-order valence-corrected chi connectivity index (χ3v) is 5.29. The third kappa shape index (κ3) is 4.78. The molecule has 0 spiro atoms. The van der Waals surface area contributed by atoms with Crippen molar-refractivity contribution < 1.29 is 23.1 Å². The maximum atomic E-state index is 12.4. The molecule has 2 N–H and O–H groups in total. The molecule has 9 nitrogen and oxygen atoms in total. The van der Waals surface area contributed by atoms with Crippen LogP contribution in [0.1, 0.15) is 32.1 Å². The van der Waals surface area contributed by atoms with E-state index < -0.39 is 16.0 Å². The van der Waals surface area contributed by atoms with Crippen molar-refractivity contribution in [2.75, 3.05) is 13.1 Å². The minimum atomic E-state index is -3.84. The van der Waals surface area contributed by atoms with E-state index in [0.717, 1.165) is 19.3 Å².